The highest BCUT2D eigenvalue weighted by atomic mass is 16.9. The first-order valence-electron chi connectivity index (χ1n) is 8.32. The number of carbonyl (C=O) groups excluding carboxylic acids is 1. The molecule has 1 aromatic carbocycles. The van der Waals surface area contributed by atoms with Gasteiger partial charge in [-0.25, -0.2) is 4.79 Å². The van der Waals surface area contributed by atoms with E-state index in [0.29, 0.717) is 25.4 Å². The van der Waals surface area contributed by atoms with Gasteiger partial charge in [0, 0.05) is 11.0 Å². The standard InChI is InChI=1S/C19H24O6/c1-13(2)16(20)24-17-18(3,4)12-23-19(17)22-11-15(25-19)10-21-14-8-6-5-7-9-14/h5-9,15,17H,1,10-12H2,2-4H3. The molecule has 0 amide bonds. The highest BCUT2D eigenvalue weighted by Crippen LogP contribution is 2.46. The second-order valence-electron chi connectivity index (χ2n) is 7.12. The lowest BCUT2D eigenvalue weighted by Crippen LogP contribution is -2.48. The lowest BCUT2D eigenvalue weighted by atomic mass is 9.88. The van der Waals surface area contributed by atoms with E-state index in [9.17, 15) is 4.79 Å². The summed E-state index contributed by atoms with van der Waals surface area (Å²) >= 11 is 0. The minimum atomic E-state index is -1.39. The molecule has 2 heterocycles. The Kier molecular flexibility index (Phi) is 4.86. The third-order valence-electron chi connectivity index (χ3n) is 4.23. The van der Waals surface area contributed by atoms with Crippen molar-refractivity contribution in [2.75, 3.05) is 19.8 Å². The molecule has 0 aromatic heterocycles. The van der Waals surface area contributed by atoms with Crippen LogP contribution in [0, 0.1) is 5.41 Å². The van der Waals surface area contributed by atoms with E-state index in [1.165, 1.54) is 0 Å². The topological polar surface area (TPSA) is 63.2 Å². The van der Waals surface area contributed by atoms with E-state index >= 15 is 0 Å². The average molecular weight is 348 g/mol. The van der Waals surface area contributed by atoms with Crippen LogP contribution in [0.1, 0.15) is 20.8 Å². The van der Waals surface area contributed by atoms with E-state index < -0.39 is 23.5 Å². The van der Waals surface area contributed by atoms with Crippen LogP contribution in [-0.2, 0) is 23.7 Å². The minimum Gasteiger partial charge on any atom is -0.491 e. The molecule has 3 atom stereocenters. The Labute approximate surface area is 147 Å². The molecule has 2 fully saturated rings. The van der Waals surface area contributed by atoms with Crippen LogP contribution in [0.15, 0.2) is 42.5 Å². The summed E-state index contributed by atoms with van der Waals surface area (Å²) in [4.78, 5) is 12.0. The summed E-state index contributed by atoms with van der Waals surface area (Å²) in [6.07, 6.45) is -1.01. The maximum absolute atomic E-state index is 12.0. The highest BCUT2D eigenvalue weighted by Gasteiger charge is 2.63. The van der Waals surface area contributed by atoms with E-state index in [-0.39, 0.29) is 6.10 Å². The SMILES string of the molecule is C=C(C)C(=O)OC1C(C)(C)COC12OCC(COc1ccccc1)O2. The molecule has 0 aliphatic carbocycles. The van der Waals surface area contributed by atoms with Gasteiger partial charge in [0.1, 0.15) is 18.5 Å². The van der Waals surface area contributed by atoms with Crippen LogP contribution in [0.25, 0.3) is 0 Å². The quantitative estimate of drug-likeness (QED) is 0.602. The summed E-state index contributed by atoms with van der Waals surface area (Å²) < 4.78 is 28.9. The monoisotopic (exact) mass is 348 g/mol. The van der Waals surface area contributed by atoms with Crippen molar-refractivity contribution in [1.82, 2.24) is 0 Å². The van der Waals surface area contributed by atoms with Crippen LogP contribution in [0.3, 0.4) is 0 Å². The Morgan fingerprint density at radius 1 is 1.28 bits per heavy atom. The molecule has 136 valence electrons. The third-order valence-corrected chi connectivity index (χ3v) is 4.23. The number of hydrogen-bond donors (Lipinski definition) is 0. The van der Waals surface area contributed by atoms with Gasteiger partial charge in [0.2, 0.25) is 0 Å². The summed E-state index contributed by atoms with van der Waals surface area (Å²) in [7, 11) is 0. The van der Waals surface area contributed by atoms with Crippen molar-refractivity contribution in [1.29, 1.82) is 0 Å². The van der Waals surface area contributed by atoms with Crippen molar-refractivity contribution < 1.29 is 28.5 Å². The number of ether oxygens (including phenoxy) is 5. The number of esters is 1. The largest absolute Gasteiger partial charge is 0.491 e. The van der Waals surface area contributed by atoms with E-state index in [1.807, 2.05) is 44.2 Å². The Morgan fingerprint density at radius 3 is 2.68 bits per heavy atom. The average Bonchev–Trinajstić information content (AvgIpc) is 3.10. The van der Waals surface area contributed by atoms with E-state index in [0.717, 1.165) is 5.75 Å². The van der Waals surface area contributed by atoms with Crippen LogP contribution in [0.4, 0.5) is 0 Å². The number of benzene rings is 1. The van der Waals surface area contributed by atoms with Crippen molar-refractivity contribution in [2.24, 2.45) is 5.41 Å². The molecule has 3 rings (SSSR count). The van der Waals surface area contributed by atoms with E-state index in [4.69, 9.17) is 23.7 Å². The summed E-state index contributed by atoms with van der Waals surface area (Å²) in [6.45, 7) is 10.1. The van der Waals surface area contributed by atoms with Gasteiger partial charge in [-0.1, -0.05) is 38.6 Å². The van der Waals surface area contributed by atoms with Gasteiger partial charge in [-0.2, -0.15) is 0 Å². The van der Waals surface area contributed by atoms with Crippen LogP contribution >= 0.6 is 0 Å². The molecule has 3 unspecified atom stereocenters. The minimum absolute atomic E-state index is 0.296. The molecule has 0 radical (unpaired) electrons. The lowest BCUT2D eigenvalue weighted by molar-refractivity contribution is -0.347. The molecule has 2 saturated heterocycles. The maximum atomic E-state index is 12.0. The highest BCUT2D eigenvalue weighted by molar-refractivity contribution is 5.87. The van der Waals surface area contributed by atoms with Gasteiger partial charge in [0.05, 0.1) is 13.2 Å². The fourth-order valence-corrected chi connectivity index (χ4v) is 2.87. The summed E-state index contributed by atoms with van der Waals surface area (Å²) in [6, 6.07) is 9.47. The fraction of sp³-hybridized carbons (Fsp3) is 0.526. The second kappa shape index (κ2) is 6.78. The van der Waals surface area contributed by atoms with Crippen molar-refractivity contribution in [3.63, 3.8) is 0 Å². The Hall–Kier alpha value is -1.89. The molecule has 1 aromatic rings. The first-order valence-corrected chi connectivity index (χ1v) is 8.32. The summed E-state index contributed by atoms with van der Waals surface area (Å²) in [5.74, 6) is -1.12. The van der Waals surface area contributed by atoms with Crippen LogP contribution in [-0.4, -0.2) is 44.0 Å². The number of carbonyl (C=O) groups is 1. The van der Waals surface area contributed by atoms with Crippen molar-refractivity contribution in [3.8, 4) is 5.75 Å². The molecule has 0 saturated carbocycles. The van der Waals surface area contributed by atoms with E-state index in [2.05, 4.69) is 6.58 Å². The number of para-hydroxylation sites is 1. The van der Waals surface area contributed by atoms with Gasteiger partial charge in [-0.3, -0.25) is 0 Å². The molecular weight excluding hydrogens is 324 g/mol. The van der Waals surface area contributed by atoms with Crippen molar-refractivity contribution >= 4 is 5.97 Å². The first-order chi connectivity index (χ1) is 11.8. The van der Waals surface area contributed by atoms with Gasteiger partial charge in [-0.15, -0.1) is 0 Å². The first kappa shape index (κ1) is 17.9. The Morgan fingerprint density at radius 2 is 2.00 bits per heavy atom. The Bertz CT molecular complexity index is 641. The predicted molar refractivity (Wildman–Crippen MR) is 89.9 cm³/mol. The van der Waals surface area contributed by atoms with Crippen LogP contribution < -0.4 is 4.74 Å². The fourth-order valence-electron chi connectivity index (χ4n) is 2.87. The number of hydrogen-bond acceptors (Lipinski definition) is 6. The van der Waals surface area contributed by atoms with Crippen molar-refractivity contribution in [3.05, 3.63) is 42.5 Å². The normalized spacial score (nSPS) is 30.4. The lowest BCUT2D eigenvalue weighted by Gasteiger charge is -2.32. The van der Waals surface area contributed by atoms with Gasteiger partial charge < -0.3 is 23.7 Å². The summed E-state index contributed by atoms with van der Waals surface area (Å²) in [5, 5.41) is 0. The van der Waals surface area contributed by atoms with Gasteiger partial charge in [0.15, 0.2) is 6.10 Å². The molecule has 0 bridgehead atoms. The zero-order valence-corrected chi connectivity index (χ0v) is 14.8. The molecule has 25 heavy (non-hydrogen) atoms. The molecule has 0 N–H and O–H groups in total. The molecule has 6 heteroatoms. The van der Waals surface area contributed by atoms with Crippen molar-refractivity contribution in [2.45, 2.75) is 39.0 Å². The van der Waals surface area contributed by atoms with Crippen LogP contribution in [0.2, 0.25) is 0 Å². The zero-order chi connectivity index (χ0) is 18.1. The molecule has 1 spiro atoms. The molecule has 2 aliphatic rings. The Balaban J connectivity index is 1.66. The third kappa shape index (κ3) is 3.71. The van der Waals surface area contributed by atoms with Gasteiger partial charge >= 0.3 is 11.9 Å². The van der Waals surface area contributed by atoms with Gasteiger partial charge in [0.25, 0.3) is 0 Å². The maximum Gasteiger partial charge on any atom is 0.333 e. The van der Waals surface area contributed by atoms with Crippen LogP contribution in [0.5, 0.6) is 5.75 Å². The van der Waals surface area contributed by atoms with Gasteiger partial charge in [-0.05, 0) is 19.1 Å². The second-order valence-corrected chi connectivity index (χ2v) is 7.12. The molecule has 2 aliphatic heterocycles. The summed E-state index contributed by atoms with van der Waals surface area (Å²) in [5.41, 5.74) is -0.125. The molecular formula is C19H24O6. The number of rotatable bonds is 5. The molecule has 6 nitrogen and oxygen atoms in total. The van der Waals surface area contributed by atoms with E-state index in [1.54, 1.807) is 6.92 Å². The predicted octanol–water partition coefficient (Wildman–Crippen LogP) is 2.68. The zero-order valence-electron chi connectivity index (χ0n) is 14.8. The smallest absolute Gasteiger partial charge is 0.333 e.